The van der Waals surface area contributed by atoms with Gasteiger partial charge in [-0.15, -0.1) is 0 Å². The topological polar surface area (TPSA) is 40.2 Å². The van der Waals surface area contributed by atoms with Crippen LogP contribution in [0.4, 0.5) is 0 Å². The van der Waals surface area contributed by atoms with Crippen molar-refractivity contribution in [3.05, 3.63) is 23.0 Å². The largest absolute Gasteiger partial charge is 0.383 e. The minimum atomic E-state index is 0.235. The van der Waals surface area contributed by atoms with Gasteiger partial charge in [-0.3, -0.25) is 0 Å². The molecule has 1 heterocycles. The maximum atomic E-state index is 6.23. The van der Waals surface area contributed by atoms with Crippen LogP contribution in [0.15, 0.2) is 6.07 Å². The van der Waals surface area contributed by atoms with Gasteiger partial charge in [-0.05, 0) is 44.2 Å². The van der Waals surface area contributed by atoms with Crippen molar-refractivity contribution in [3.8, 4) is 0 Å². The third-order valence-electron chi connectivity index (χ3n) is 4.04. The summed E-state index contributed by atoms with van der Waals surface area (Å²) in [5.41, 5.74) is 10.4. The SMILES string of the molecule is CCCC(COC)n1c(C)cc2c1CCCC2N. The normalized spacial score (nSPS) is 20.8. The van der Waals surface area contributed by atoms with E-state index in [0.717, 1.165) is 13.0 Å². The predicted octanol–water partition coefficient (Wildman–Crippen LogP) is 3.12. The second-order valence-electron chi connectivity index (χ2n) is 5.45. The molecule has 3 nitrogen and oxygen atoms in total. The second-order valence-corrected chi connectivity index (χ2v) is 5.45. The van der Waals surface area contributed by atoms with E-state index in [1.807, 2.05) is 0 Å². The zero-order valence-electron chi connectivity index (χ0n) is 11.9. The zero-order valence-corrected chi connectivity index (χ0v) is 11.9. The molecule has 0 radical (unpaired) electrons. The van der Waals surface area contributed by atoms with Gasteiger partial charge in [0.15, 0.2) is 0 Å². The number of nitrogens with zero attached hydrogens (tertiary/aromatic N) is 1. The first-order chi connectivity index (χ1) is 8.69. The van der Waals surface area contributed by atoms with Gasteiger partial charge in [0.05, 0.1) is 12.6 Å². The van der Waals surface area contributed by atoms with Crippen LogP contribution >= 0.6 is 0 Å². The lowest BCUT2D eigenvalue weighted by Gasteiger charge is -2.26. The number of fused-ring (bicyclic) bond motifs is 1. The van der Waals surface area contributed by atoms with E-state index in [1.165, 1.54) is 42.6 Å². The summed E-state index contributed by atoms with van der Waals surface area (Å²) in [7, 11) is 1.79. The Kier molecular flexibility index (Phi) is 4.46. The summed E-state index contributed by atoms with van der Waals surface area (Å²) in [6.07, 6.45) is 5.86. The van der Waals surface area contributed by atoms with Crippen LogP contribution in [0.25, 0.3) is 0 Å². The smallest absolute Gasteiger partial charge is 0.0670 e. The van der Waals surface area contributed by atoms with Crippen molar-refractivity contribution in [2.45, 2.75) is 58.0 Å². The molecule has 0 saturated carbocycles. The highest BCUT2D eigenvalue weighted by Crippen LogP contribution is 2.33. The predicted molar refractivity (Wildman–Crippen MR) is 74.9 cm³/mol. The minimum absolute atomic E-state index is 0.235. The summed E-state index contributed by atoms with van der Waals surface area (Å²) in [4.78, 5) is 0. The Bertz CT molecular complexity index is 391. The van der Waals surface area contributed by atoms with Crippen molar-refractivity contribution in [1.82, 2.24) is 4.57 Å². The first kappa shape index (κ1) is 13.6. The average molecular weight is 250 g/mol. The highest BCUT2D eigenvalue weighted by molar-refractivity contribution is 5.33. The molecule has 0 spiro atoms. The molecule has 0 fully saturated rings. The third kappa shape index (κ3) is 2.47. The number of methoxy groups -OCH3 is 1. The molecule has 2 rings (SSSR count). The Morgan fingerprint density at radius 1 is 1.56 bits per heavy atom. The molecule has 18 heavy (non-hydrogen) atoms. The number of ether oxygens (including phenoxy) is 1. The minimum Gasteiger partial charge on any atom is -0.383 e. The Labute approximate surface area is 110 Å². The summed E-state index contributed by atoms with van der Waals surface area (Å²) in [5.74, 6) is 0. The first-order valence-electron chi connectivity index (χ1n) is 7.14. The van der Waals surface area contributed by atoms with Gasteiger partial charge in [-0.2, -0.15) is 0 Å². The molecule has 1 aliphatic carbocycles. The summed E-state index contributed by atoms with van der Waals surface area (Å²) < 4.78 is 7.89. The van der Waals surface area contributed by atoms with Gasteiger partial charge in [0.1, 0.15) is 0 Å². The van der Waals surface area contributed by atoms with E-state index in [4.69, 9.17) is 10.5 Å². The lowest BCUT2D eigenvalue weighted by molar-refractivity contribution is 0.148. The fraction of sp³-hybridized carbons (Fsp3) is 0.733. The molecule has 0 bridgehead atoms. The first-order valence-corrected chi connectivity index (χ1v) is 7.14. The number of rotatable bonds is 5. The van der Waals surface area contributed by atoms with Crippen LogP contribution in [0.2, 0.25) is 0 Å². The number of nitrogens with two attached hydrogens (primary N) is 1. The summed E-state index contributed by atoms with van der Waals surface area (Å²) in [6, 6.07) is 2.99. The fourth-order valence-electron chi connectivity index (χ4n) is 3.28. The highest BCUT2D eigenvalue weighted by Gasteiger charge is 2.25. The standard InChI is InChI=1S/C15H26N2O/c1-4-6-12(10-18-3)17-11(2)9-13-14(16)7-5-8-15(13)17/h9,12,14H,4-8,10,16H2,1-3H3. The Morgan fingerprint density at radius 3 is 3.00 bits per heavy atom. The van der Waals surface area contributed by atoms with E-state index in [9.17, 15) is 0 Å². The van der Waals surface area contributed by atoms with Crippen LogP contribution in [0, 0.1) is 6.92 Å². The van der Waals surface area contributed by atoms with Crippen molar-refractivity contribution >= 4 is 0 Å². The number of aromatic nitrogens is 1. The number of hydrogen-bond acceptors (Lipinski definition) is 2. The van der Waals surface area contributed by atoms with E-state index in [-0.39, 0.29) is 6.04 Å². The van der Waals surface area contributed by atoms with Gasteiger partial charge in [0.2, 0.25) is 0 Å². The van der Waals surface area contributed by atoms with Gasteiger partial charge in [0, 0.05) is 24.5 Å². The van der Waals surface area contributed by atoms with Crippen molar-refractivity contribution in [3.63, 3.8) is 0 Å². The molecule has 0 amide bonds. The highest BCUT2D eigenvalue weighted by atomic mass is 16.5. The van der Waals surface area contributed by atoms with Crippen molar-refractivity contribution in [2.75, 3.05) is 13.7 Å². The van der Waals surface area contributed by atoms with E-state index >= 15 is 0 Å². The van der Waals surface area contributed by atoms with E-state index in [1.54, 1.807) is 7.11 Å². The number of hydrogen-bond donors (Lipinski definition) is 1. The molecule has 102 valence electrons. The monoisotopic (exact) mass is 250 g/mol. The van der Waals surface area contributed by atoms with Crippen LogP contribution in [-0.4, -0.2) is 18.3 Å². The summed E-state index contributed by atoms with van der Waals surface area (Å²) in [6.45, 7) is 5.23. The number of aryl methyl sites for hydroxylation is 1. The molecule has 2 atom stereocenters. The molecular weight excluding hydrogens is 224 g/mol. The summed E-state index contributed by atoms with van der Waals surface area (Å²) in [5, 5.41) is 0. The average Bonchev–Trinajstić information content (AvgIpc) is 2.67. The second kappa shape index (κ2) is 5.89. The fourth-order valence-corrected chi connectivity index (χ4v) is 3.28. The lowest BCUT2D eigenvalue weighted by Crippen LogP contribution is -2.22. The van der Waals surface area contributed by atoms with Gasteiger partial charge in [-0.25, -0.2) is 0 Å². The van der Waals surface area contributed by atoms with E-state index in [2.05, 4.69) is 24.5 Å². The van der Waals surface area contributed by atoms with Gasteiger partial charge < -0.3 is 15.0 Å². The van der Waals surface area contributed by atoms with Gasteiger partial charge in [0.25, 0.3) is 0 Å². The van der Waals surface area contributed by atoms with Crippen molar-refractivity contribution in [2.24, 2.45) is 5.73 Å². The maximum Gasteiger partial charge on any atom is 0.0670 e. The lowest BCUT2D eigenvalue weighted by atomic mass is 9.93. The zero-order chi connectivity index (χ0) is 13.1. The molecule has 0 aromatic carbocycles. The van der Waals surface area contributed by atoms with Crippen LogP contribution in [0.1, 0.15) is 61.6 Å². The van der Waals surface area contributed by atoms with E-state index in [0.29, 0.717) is 6.04 Å². The summed E-state index contributed by atoms with van der Waals surface area (Å²) >= 11 is 0. The molecule has 1 aliphatic rings. The Balaban J connectivity index is 2.36. The van der Waals surface area contributed by atoms with Crippen LogP contribution in [0.5, 0.6) is 0 Å². The Morgan fingerprint density at radius 2 is 2.33 bits per heavy atom. The van der Waals surface area contributed by atoms with Crippen molar-refractivity contribution in [1.29, 1.82) is 0 Å². The molecule has 3 heteroatoms. The third-order valence-corrected chi connectivity index (χ3v) is 4.04. The molecule has 2 N–H and O–H groups in total. The van der Waals surface area contributed by atoms with Crippen LogP contribution in [-0.2, 0) is 11.2 Å². The molecule has 2 unspecified atom stereocenters. The van der Waals surface area contributed by atoms with Gasteiger partial charge in [-0.1, -0.05) is 13.3 Å². The van der Waals surface area contributed by atoms with Crippen LogP contribution < -0.4 is 5.73 Å². The molecular formula is C15H26N2O. The quantitative estimate of drug-likeness (QED) is 0.872. The van der Waals surface area contributed by atoms with Gasteiger partial charge >= 0.3 is 0 Å². The molecule has 0 saturated heterocycles. The van der Waals surface area contributed by atoms with Crippen LogP contribution in [0.3, 0.4) is 0 Å². The molecule has 0 aliphatic heterocycles. The Hall–Kier alpha value is -0.800. The van der Waals surface area contributed by atoms with Crippen molar-refractivity contribution < 1.29 is 4.74 Å². The maximum absolute atomic E-state index is 6.23. The van der Waals surface area contributed by atoms with E-state index < -0.39 is 0 Å². The molecule has 1 aromatic rings. The molecule has 1 aromatic heterocycles.